The second kappa shape index (κ2) is 5.53. The van der Waals surface area contributed by atoms with Gasteiger partial charge in [-0.2, -0.15) is 0 Å². The minimum Gasteiger partial charge on any atom is -0.467 e. The Morgan fingerprint density at radius 2 is 2.31 bits per heavy atom. The van der Waals surface area contributed by atoms with Gasteiger partial charge in [-0.15, -0.1) is 0 Å². The van der Waals surface area contributed by atoms with E-state index in [1.807, 2.05) is 6.26 Å². The first-order valence-electron chi connectivity index (χ1n) is 6.58. The molecule has 0 saturated heterocycles. The lowest BCUT2D eigenvalue weighted by Crippen LogP contribution is -2.22. The molecule has 16 heavy (non-hydrogen) atoms. The third-order valence-electron chi connectivity index (χ3n) is 3.42. The van der Waals surface area contributed by atoms with E-state index in [0.717, 1.165) is 18.2 Å². The van der Waals surface area contributed by atoms with E-state index in [4.69, 9.17) is 4.42 Å². The van der Waals surface area contributed by atoms with Crippen molar-refractivity contribution in [2.24, 2.45) is 5.92 Å². The molecule has 0 aromatic carbocycles. The van der Waals surface area contributed by atoms with E-state index in [0.29, 0.717) is 6.04 Å². The van der Waals surface area contributed by atoms with Crippen molar-refractivity contribution >= 4 is 0 Å². The second-order valence-corrected chi connectivity index (χ2v) is 5.00. The Morgan fingerprint density at radius 1 is 1.50 bits per heavy atom. The summed E-state index contributed by atoms with van der Waals surface area (Å²) in [7, 11) is 0. The number of rotatable bonds is 7. The topological polar surface area (TPSA) is 25.2 Å². The maximum atomic E-state index is 5.61. The lowest BCUT2D eigenvalue weighted by atomic mass is 10.0. The highest BCUT2D eigenvalue weighted by atomic mass is 16.3. The molecule has 90 valence electrons. The normalized spacial score (nSPS) is 17.6. The zero-order valence-electron chi connectivity index (χ0n) is 10.5. The van der Waals surface area contributed by atoms with Crippen LogP contribution in [0.5, 0.6) is 0 Å². The fraction of sp³-hybridized carbons (Fsp3) is 0.714. The van der Waals surface area contributed by atoms with E-state index in [-0.39, 0.29) is 0 Å². The zero-order valence-corrected chi connectivity index (χ0v) is 10.5. The SMILES string of the molecule is CCCNC(CCC1CC1)c1occc1C. The maximum Gasteiger partial charge on any atom is 0.123 e. The molecular formula is C14H23NO. The summed E-state index contributed by atoms with van der Waals surface area (Å²) >= 11 is 0. The molecule has 2 nitrogen and oxygen atoms in total. The summed E-state index contributed by atoms with van der Waals surface area (Å²) < 4.78 is 5.61. The first kappa shape index (κ1) is 11.7. The number of hydrogen-bond acceptors (Lipinski definition) is 2. The van der Waals surface area contributed by atoms with E-state index in [1.54, 1.807) is 0 Å². The third-order valence-corrected chi connectivity index (χ3v) is 3.42. The molecule has 0 amide bonds. The van der Waals surface area contributed by atoms with E-state index >= 15 is 0 Å². The van der Waals surface area contributed by atoms with Crippen LogP contribution in [0.2, 0.25) is 0 Å². The van der Waals surface area contributed by atoms with Crippen molar-refractivity contribution in [2.45, 2.75) is 52.0 Å². The van der Waals surface area contributed by atoms with Gasteiger partial charge in [0.25, 0.3) is 0 Å². The van der Waals surface area contributed by atoms with Crippen LogP contribution >= 0.6 is 0 Å². The van der Waals surface area contributed by atoms with Gasteiger partial charge in [-0.1, -0.05) is 19.8 Å². The van der Waals surface area contributed by atoms with E-state index in [1.165, 1.54) is 37.7 Å². The monoisotopic (exact) mass is 221 g/mol. The average molecular weight is 221 g/mol. The predicted molar refractivity (Wildman–Crippen MR) is 66.4 cm³/mol. The van der Waals surface area contributed by atoms with Crippen molar-refractivity contribution in [2.75, 3.05) is 6.54 Å². The van der Waals surface area contributed by atoms with Crippen LogP contribution in [-0.4, -0.2) is 6.54 Å². The third kappa shape index (κ3) is 3.11. The summed E-state index contributed by atoms with van der Waals surface area (Å²) in [6.45, 7) is 5.42. The lowest BCUT2D eigenvalue weighted by molar-refractivity contribution is 0.381. The van der Waals surface area contributed by atoms with Gasteiger partial charge in [0.15, 0.2) is 0 Å². The first-order chi connectivity index (χ1) is 7.81. The van der Waals surface area contributed by atoms with Gasteiger partial charge in [0.05, 0.1) is 12.3 Å². The van der Waals surface area contributed by atoms with Gasteiger partial charge < -0.3 is 9.73 Å². The molecule has 1 heterocycles. The molecule has 0 radical (unpaired) electrons. The van der Waals surface area contributed by atoms with E-state index in [2.05, 4.69) is 25.2 Å². The average Bonchev–Trinajstić information content (AvgIpc) is 3.02. The van der Waals surface area contributed by atoms with E-state index in [9.17, 15) is 0 Å². The van der Waals surface area contributed by atoms with Crippen molar-refractivity contribution in [1.82, 2.24) is 5.32 Å². The van der Waals surface area contributed by atoms with Gasteiger partial charge in [0.1, 0.15) is 5.76 Å². The van der Waals surface area contributed by atoms with Gasteiger partial charge in [-0.25, -0.2) is 0 Å². The molecule has 1 aliphatic carbocycles. The van der Waals surface area contributed by atoms with Crippen LogP contribution < -0.4 is 5.32 Å². The van der Waals surface area contributed by atoms with Crippen molar-refractivity contribution in [3.63, 3.8) is 0 Å². The minimum atomic E-state index is 0.426. The fourth-order valence-corrected chi connectivity index (χ4v) is 2.19. The summed E-state index contributed by atoms with van der Waals surface area (Å²) in [5, 5.41) is 3.60. The van der Waals surface area contributed by atoms with Gasteiger partial charge in [-0.05, 0) is 50.3 Å². The summed E-state index contributed by atoms with van der Waals surface area (Å²) in [5.74, 6) is 2.15. The van der Waals surface area contributed by atoms with Gasteiger partial charge in [0, 0.05) is 0 Å². The van der Waals surface area contributed by atoms with Crippen molar-refractivity contribution in [1.29, 1.82) is 0 Å². The molecule has 2 rings (SSSR count). The molecular weight excluding hydrogens is 198 g/mol. The molecule has 1 aromatic heterocycles. The highest BCUT2D eigenvalue weighted by Gasteiger charge is 2.24. The molecule has 1 aromatic rings. The standard InChI is InChI=1S/C14H23NO/c1-3-9-15-13(7-6-12-4-5-12)14-11(2)8-10-16-14/h8,10,12-13,15H,3-7,9H2,1-2H3. The van der Waals surface area contributed by atoms with Crippen molar-refractivity contribution in [3.05, 3.63) is 23.7 Å². The second-order valence-electron chi connectivity index (χ2n) is 5.00. The Balaban J connectivity index is 1.92. The molecule has 0 spiro atoms. The molecule has 1 fully saturated rings. The molecule has 1 unspecified atom stereocenters. The minimum absolute atomic E-state index is 0.426. The number of furan rings is 1. The summed E-state index contributed by atoms with van der Waals surface area (Å²) in [6.07, 6.45) is 8.44. The smallest absolute Gasteiger partial charge is 0.123 e. The van der Waals surface area contributed by atoms with E-state index < -0.39 is 0 Å². The predicted octanol–water partition coefficient (Wildman–Crippen LogP) is 3.82. The Morgan fingerprint density at radius 3 is 2.88 bits per heavy atom. The van der Waals surface area contributed by atoms with Crippen LogP contribution in [0.25, 0.3) is 0 Å². The molecule has 1 saturated carbocycles. The van der Waals surface area contributed by atoms with Crippen LogP contribution in [0.15, 0.2) is 16.7 Å². The quantitative estimate of drug-likeness (QED) is 0.757. The van der Waals surface area contributed by atoms with Crippen LogP contribution in [0.3, 0.4) is 0 Å². The van der Waals surface area contributed by atoms with Gasteiger partial charge >= 0.3 is 0 Å². The fourth-order valence-electron chi connectivity index (χ4n) is 2.19. The van der Waals surface area contributed by atoms with Crippen molar-refractivity contribution < 1.29 is 4.42 Å². The number of hydrogen-bond donors (Lipinski definition) is 1. The molecule has 1 N–H and O–H groups in total. The van der Waals surface area contributed by atoms with Crippen LogP contribution in [0.1, 0.15) is 56.4 Å². The maximum absolute atomic E-state index is 5.61. The Labute approximate surface area is 98.4 Å². The molecule has 1 atom stereocenters. The highest BCUT2D eigenvalue weighted by Crippen LogP contribution is 2.36. The number of aryl methyl sites for hydroxylation is 1. The Hall–Kier alpha value is -0.760. The summed E-state index contributed by atoms with van der Waals surface area (Å²) in [6, 6.07) is 2.49. The first-order valence-corrected chi connectivity index (χ1v) is 6.58. The molecule has 1 aliphatic rings. The largest absolute Gasteiger partial charge is 0.467 e. The van der Waals surface area contributed by atoms with Crippen LogP contribution in [0.4, 0.5) is 0 Å². The summed E-state index contributed by atoms with van der Waals surface area (Å²) in [4.78, 5) is 0. The Kier molecular flexibility index (Phi) is 4.05. The summed E-state index contributed by atoms with van der Waals surface area (Å²) in [5.41, 5.74) is 1.28. The van der Waals surface area contributed by atoms with Gasteiger partial charge in [-0.3, -0.25) is 0 Å². The van der Waals surface area contributed by atoms with Crippen molar-refractivity contribution in [3.8, 4) is 0 Å². The Bertz CT molecular complexity index is 314. The molecule has 0 bridgehead atoms. The highest BCUT2D eigenvalue weighted by molar-refractivity contribution is 5.18. The van der Waals surface area contributed by atoms with Gasteiger partial charge in [0.2, 0.25) is 0 Å². The van der Waals surface area contributed by atoms with Crippen LogP contribution in [-0.2, 0) is 0 Å². The molecule has 2 heteroatoms. The lowest BCUT2D eigenvalue weighted by Gasteiger charge is -2.17. The zero-order chi connectivity index (χ0) is 11.4. The van der Waals surface area contributed by atoms with Crippen LogP contribution in [0, 0.1) is 12.8 Å². The number of nitrogens with one attached hydrogen (secondary N) is 1. The molecule has 0 aliphatic heterocycles.